The first-order valence-corrected chi connectivity index (χ1v) is 6.43. The van der Waals surface area contributed by atoms with Crippen LogP contribution >= 0.6 is 0 Å². The molecule has 2 aliphatic heterocycles. The summed E-state index contributed by atoms with van der Waals surface area (Å²) in [6.07, 6.45) is 2.60. The Balaban J connectivity index is 1.57. The van der Waals surface area contributed by atoms with Gasteiger partial charge < -0.3 is 15.4 Å². The Labute approximate surface area is 102 Å². The number of hydrogen-bond donors (Lipinski definition) is 2. The van der Waals surface area contributed by atoms with Gasteiger partial charge in [-0.2, -0.15) is 0 Å². The van der Waals surface area contributed by atoms with E-state index >= 15 is 0 Å². The average Bonchev–Trinajstić information content (AvgIpc) is 2.85. The first-order chi connectivity index (χ1) is 8.42. The standard InChI is InChI=1S/C13H19N3O/c1-2-10(6-14-5-1)7-15-13-4-3-11-8-17-9-12(11)16-13/h3-4,10,14H,1-2,5-9H2,(H,15,16). The Morgan fingerprint density at radius 3 is 3.29 bits per heavy atom. The number of ether oxygens (including phenoxy) is 1. The summed E-state index contributed by atoms with van der Waals surface area (Å²) in [6, 6.07) is 4.18. The van der Waals surface area contributed by atoms with Crippen LogP contribution in [0.25, 0.3) is 0 Å². The summed E-state index contributed by atoms with van der Waals surface area (Å²) in [7, 11) is 0. The van der Waals surface area contributed by atoms with Crippen LogP contribution in [-0.2, 0) is 18.0 Å². The Kier molecular flexibility index (Phi) is 3.25. The molecule has 4 nitrogen and oxygen atoms in total. The van der Waals surface area contributed by atoms with Gasteiger partial charge in [0.15, 0.2) is 0 Å². The van der Waals surface area contributed by atoms with Gasteiger partial charge in [0.2, 0.25) is 0 Å². The highest BCUT2D eigenvalue weighted by molar-refractivity contribution is 5.39. The summed E-state index contributed by atoms with van der Waals surface area (Å²) >= 11 is 0. The molecule has 3 rings (SSSR count). The highest BCUT2D eigenvalue weighted by Gasteiger charge is 2.15. The van der Waals surface area contributed by atoms with Gasteiger partial charge in [-0.25, -0.2) is 4.98 Å². The van der Waals surface area contributed by atoms with Gasteiger partial charge in [0.1, 0.15) is 5.82 Å². The van der Waals surface area contributed by atoms with Gasteiger partial charge in [-0.1, -0.05) is 6.07 Å². The van der Waals surface area contributed by atoms with Crippen LogP contribution in [0.15, 0.2) is 12.1 Å². The van der Waals surface area contributed by atoms with Crippen molar-refractivity contribution >= 4 is 5.82 Å². The number of nitrogens with zero attached hydrogens (tertiary/aromatic N) is 1. The van der Waals surface area contributed by atoms with Crippen LogP contribution in [0.4, 0.5) is 5.82 Å². The third-order valence-corrected chi connectivity index (χ3v) is 3.54. The van der Waals surface area contributed by atoms with Gasteiger partial charge >= 0.3 is 0 Å². The monoisotopic (exact) mass is 233 g/mol. The van der Waals surface area contributed by atoms with Crippen LogP contribution < -0.4 is 10.6 Å². The Hall–Kier alpha value is -1.13. The molecule has 0 radical (unpaired) electrons. The van der Waals surface area contributed by atoms with E-state index in [-0.39, 0.29) is 0 Å². The zero-order chi connectivity index (χ0) is 11.5. The summed E-state index contributed by atoms with van der Waals surface area (Å²) in [6.45, 7) is 4.69. The molecular formula is C13H19N3O. The summed E-state index contributed by atoms with van der Waals surface area (Å²) in [4.78, 5) is 4.58. The molecule has 0 spiro atoms. The third-order valence-electron chi connectivity index (χ3n) is 3.54. The predicted octanol–water partition coefficient (Wildman–Crippen LogP) is 1.52. The van der Waals surface area contributed by atoms with E-state index in [1.54, 1.807) is 0 Å². The quantitative estimate of drug-likeness (QED) is 0.831. The third kappa shape index (κ3) is 2.58. The van der Waals surface area contributed by atoms with Crippen LogP contribution in [0, 0.1) is 5.92 Å². The van der Waals surface area contributed by atoms with Gasteiger partial charge in [-0.3, -0.25) is 0 Å². The molecule has 1 unspecified atom stereocenters. The Bertz CT molecular complexity index is 388. The van der Waals surface area contributed by atoms with Crippen molar-refractivity contribution in [2.24, 2.45) is 5.92 Å². The van der Waals surface area contributed by atoms with E-state index < -0.39 is 0 Å². The SMILES string of the molecule is c1cc2c(nc1NCC1CCCNC1)COC2. The molecule has 4 heteroatoms. The lowest BCUT2D eigenvalue weighted by molar-refractivity contribution is 0.133. The number of aromatic nitrogens is 1. The molecule has 17 heavy (non-hydrogen) atoms. The average molecular weight is 233 g/mol. The predicted molar refractivity (Wildman–Crippen MR) is 66.8 cm³/mol. The molecule has 0 amide bonds. The van der Waals surface area contributed by atoms with E-state index in [0.29, 0.717) is 6.61 Å². The van der Waals surface area contributed by atoms with Crippen molar-refractivity contribution in [1.29, 1.82) is 0 Å². The highest BCUT2D eigenvalue weighted by atomic mass is 16.5. The second kappa shape index (κ2) is 5.02. The number of pyridine rings is 1. The van der Waals surface area contributed by atoms with Crippen LogP contribution in [0.1, 0.15) is 24.1 Å². The van der Waals surface area contributed by atoms with Crippen molar-refractivity contribution in [3.63, 3.8) is 0 Å². The van der Waals surface area contributed by atoms with Crippen LogP contribution in [0.5, 0.6) is 0 Å². The van der Waals surface area contributed by atoms with Crippen molar-refractivity contribution in [3.05, 3.63) is 23.4 Å². The minimum absolute atomic E-state index is 0.663. The molecule has 1 atom stereocenters. The molecule has 1 aromatic heterocycles. The minimum Gasteiger partial charge on any atom is -0.370 e. The van der Waals surface area contributed by atoms with E-state index in [9.17, 15) is 0 Å². The van der Waals surface area contributed by atoms with Crippen molar-refractivity contribution < 1.29 is 4.74 Å². The minimum atomic E-state index is 0.663. The molecule has 1 fully saturated rings. The number of hydrogen-bond acceptors (Lipinski definition) is 4. The fourth-order valence-electron chi connectivity index (χ4n) is 2.49. The largest absolute Gasteiger partial charge is 0.370 e. The highest BCUT2D eigenvalue weighted by Crippen LogP contribution is 2.20. The molecule has 0 saturated carbocycles. The fraction of sp³-hybridized carbons (Fsp3) is 0.615. The van der Waals surface area contributed by atoms with Crippen LogP contribution in [-0.4, -0.2) is 24.6 Å². The van der Waals surface area contributed by atoms with Gasteiger partial charge in [0.25, 0.3) is 0 Å². The summed E-state index contributed by atoms with van der Waals surface area (Å²) in [5.74, 6) is 1.72. The zero-order valence-corrected chi connectivity index (χ0v) is 10.0. The van der Waals surface area contributed by atoms with Crippen LogP contribution in [0.3, 0.4) is 0 Å². The zero-order valence-electron chi connectivity index (χ0n) is 10.0. The van der Waals surface area contributed by atoms with Gasteiger partial charge in [-0.05, 0) is 37.9 Å². The topological polar surface area (TPSA) is 46.2 Å². The normalized spacial score (nSPS) is 23.4. The molecule has 3 heterocycles. The molecule has 1 saturated heterocycles. The lowest BCUT2D eigenvalue weighted by atomic mass is 10.00. The number of piperidine rings is 1. The second-order valence-corrected chi connectivity index (χ2v) is 4.89. The maximum Gasteiger partial charge on any atom is 0.126 e. The smallest absolute Gasteiger partial charge is 0.126 e. The molecule has 2 N–H and O–H groups in total. The summed E-state index contributed by atoms with van der Waals surface area (Å²) in [5, 5.41) is 6.87. The van der Waals surface area contributed by atoms with E-state index in [2.05, 4.69) is 27.8 Å². The number of anilines is 1. The van der Waals surface area contributed by atoms with E-state index in [4.69, 9.17) is 4.74 Å². The molecule has 2 aliphatic rings. The molecule has 92 valence electrons. The fourth-order valence-corrected chi connectivity index (χ4v) is 2.49. The van der Waals surface area contributed by atoms with Gasteiger partial charge in [-0.15, -0.1) is 0 Å². The molecular weight excluding hydrogens is 214 g/mol. The van der Waals surface area contributed by atoms with E-state index in [1.165, 1.54) is 24.9 Å². The molecule has 0 bridgehead atoms. The summed E-state index contributed by atoms with van der Waals surface area (Å²) < 4.78 is 5.36. The maximum atomic E-state index is 5.36. The number of nitrogens with one attached hydrogen (secondary N) is 2. The lowest BCUT2D eigenvalue weighted by Gasteiger charge is -2.23. The van der Waals surface area contributed by atoms with Crippen LogP contribution in [0.2, 0.25) is 0 Å². The van der Waals surface area contributed by atoms with Crippen molar-refractivity contribution in [1.82, 2.24) is 10.3 Å². The molecule has 1 aromatic rings. The van der Waals surface area contributed by atoms with Crippen molar-refractivity contribution in [3.8, 4) is 0 Å². The number of fused-ring (bicyclic) bond motifs is 1. The van der Waals surface area contributed by atoms with Crippen molar-refractivity contribution in [2.75, 3.05) is 25.0 Å². The lowest BCUT2D eigenvalue weighted by Crippen LogP contribution is -2.33. The Morgan fingerprint density at radius 2 is 2.41 bits per heavy atom. The van der Waals surface area contributed by atoms with E-state index in [1.807, 2.05) is 0 Å². The number of rotatable bonds is 3. The first-order valence-electron chi connectivity index (χ1n) is 6.43. The van der Waals surface area contributed by atoms with Gasteiger partial charge in [0, 0.05) is 12.1 Å². The summed E-state index contributed by atoms with van der Waals surface area (Å²) in [5.41, 5.74) is 2.33. The second-order valence-electron chi connectivity index (χ2n) is 4.89. The van der Waals surface area contributed by atoms with E-state index in [0.717, 1.165) is 37.1 Å². The van der Waals surface area contributed by atoms with Crippen molar-refractivity contribution in [2.45, 2.75) is 26.1 Å². The maximum absolute atomic E-state index is 5.36. The molecule has 0 aliphatic carbocycles. The molecule has 0 aromatic carbocycles. The Morgan fingerprint density at radius 1 is 1.41 bits per heavy atom. The first kappa shape index (κ1) is 11.0. The van der Waals surface area contributed by atoms with Gasteiger partial charge in [0.05, 0.1) is 18.9 Å².